The predicted molar refractivity (Wildman–Crippen MR) is 129 cm³/mol. The maximum Gasteiger partial charge on any atom is 0.303 e. The van der Waals surface area contributed by atoms with Crippen LogP contribution in [0.2, 0.25) is 0 Å². The van der Waals surface area contributed by atoms with Gasteiger partial charge in [0.1, 0.15) is 0 Å². The summed E-state index contributed by atoms with van der Waals surface area (Å²) < 4.78 is 0. The van der Waals surface area contributed by atoms with E-state index in [0.717, 1.165) is 50.5 Å². The van der Waals surface area contributed by atoms with Crippen LogP contribution in [0.3, 0.4) is 0 Å². The van der Waals surface area contributed by atoms with Crippen LogP contribution in [0.5, 0.6) is 0 Å². The lowest BCUT2D eigenvalue weighted by Gasteiger charge is -2.65. The Kier molecular flexibility index (Phi) is 6.19. The molecule has 5 aliphatic carbocycles. The highest BCUT2D eigenvalue weighted by atomic mass is 16.4. The summed E-state index contributed by atoms with van der Waals surface area (Å²) in [6.07, 6.45) is 9.13. The molecule has 5 rings (SSSR count). The topological polar surface area (TPSA) is 124 Å². The third-order valence-electron chi connectivity index (χ3n) is 11.3. The molecule has 0 aliphatic heterocycles. The largest absolute Gasteiger partial charge is 0.481 e. The minimum absolute atomic E-state index is 0.00390. The Morgan fingerprint density at radius 2 is 1.80 bits per heavy atom. The van der Waals surface area contributed by atoms with Gasteiger partial charge in [-0.1, -0.05) is 19.4 Å². The fraction of sp³-hybridized carbons (Fsp3) is 0.821. The summed E-state index contributed by atoms with van der Waals surface area (Å²) in [6, 6.07) is 0.0653. The molecular weight excluding hydrogens is 446 g/mol. The molecule has 1 unspecified atom stereocenters. The van der Waals surface area contributed by atoms with Crippen LogP contribution in [0.25, 0.3) is 0 Å². The lowest BCUT2D eigenvalue weighted by Crippen LogP contribution is -2.67. The van der Waals surface area contributed by atoms with Crippen molar-refractivity contribution in [2.24, 2.45) is 34.5 Å². The van der Waals surface area contributed by atoms with Crippen LogP contribution in [0, 0.1) is 34.5 Å². The third-order valence-corrected chi connectivity index (χ3v) is 11.3. The zero-order valence-electron chi connectivity index (χ0n) is 21.1. The van der Waals surface area contributed by atoms with Crippen molar-refractivity contribution in [1.29, 1.82) is 0 Å². The van der Waals surface area contributed by atoms with E-state index in [9.17, 15) is 24.6 Å². The van der Waals surface area contributed by atoms with E-state index in [1.807, 2.05) is 0 Å². The number of carboxylic acid groups (broad SMARTS) is 1. The molecule has 4 fully saturated rings. The molecule has 0 bridgehead atoms. The normalized spacial score (nSPS) is 46.9. The second-order valence-electron chi connectivity index (χ2n) is 12.7. The first-order chi connectivity index (χ1) is 16.5. The summed E-state index contributed by atoms with van der Waals surface area (Å²) in [5, 5.41) is 35.9. The van der Waals surface area contributed by atoms with Crippen molar-refractivity contribution in [1.82, 2.24) is 5.32 Å². The average Bonchev–Trinajstić information content (AvgIpc) is 3.34. The monoisotopic (exact) mass is 487 g/mol. The standard InChI is InChI=1S/C28H41NO6/c1-26-11-9-18(29-24(32)7-8-25(33)34)14-17(26)4-6-21-22(26)15-23(31)27(2)20(10-12-28(21,27)35)16-3-5-19(30)13-16/h13,17-18,20-23,31,35H,3-12,14-15H2,1-2H3,(H,29,32)(H,33,34)/t17-,18+,20?,21-,22+,23-,26+,27+,28+/m1/s1. The number of carboxylic acids is 1. The molecule has 0 aromatic carbocycles. The van der Waals surface area contributed by atoms with Crippen molar-refractivity contribution < 1.29 is 29.7 Å². The van der Waals surface area contributed by atoms with Gasteiger partial charge in [0, 0.05) is 24.3 Å². The number of hydrogen-bond acceptors (Lipinski definition) is 5. The molecule has 0 aromatic heterocycles. The van der Waals surface area contributed by atoms with E-state index in [-0.39, 0.29) is 53.7 Å². The molecule has 9 atom stereocenters. The number of amides is 1. The lowest BCUT2D eigenvalue weighted by molar-refractivity contribution is -0.242. The molecule has 7 nitrogen and oxygen atoms in total. The zero-order valence-corrected chi connectivity index (χ0v) is 21.1. The molecule has 4 saturated carbocycles. The first kappa shape index (κ1) is 24.9. The van der Waals surface area contributed by atoms with Gasteiger partial charge in [0.2, 0.25) is 5.91 Å². The maximum absolute atomic E-state index is 12.3. The van der Waals surface area contributed by atoms with Crippen molar-refractivity contribution in [3.63, 3.8) is 0 Å². The van der Waals surface area contributed by atoms with Gasteiger partial charge in [0.15, 0.2) is 5.78 Å². The molecule has 35 heavy (non-hydrogen) atoms. The number of aliphatic carboxylic acids is 1. The number of hydrogen-bond donors (Lipinski definition) is 4. The number of rotatable bonds is 5. The molecule has 7 heteroatoms. The van der Waals surface area contributed by atoms with Crippen LogP contribution in [0.15, 0.2) is 11.6 Å². The second kappa shape index (κ2) is 8.69. The summed E-state index contributed by atoms with van der Waals surface area (Å²) in [5.41, 5.74) is -0.417. The highest BCUT2D eigenvalue weighted by Crippen LogP contribution is 2.70. The van der Waals surface area contributed by atoms with Gasteiger partial charge >= 0.3 is 5.97 Å². The number of carbonyl (C=O) groups is 3. The van der Waals surface area contributed by atoms with Gasteiger partial charge < -0.3 is 20.6 Å². The number of fused-ring (bicyclic) bond motifs is 5. The Hall–Kier alpha value is -1.73. The van der Waals surface area contributed by atoms with E-state index in [0.29, 0.717) is 25.2 Å². The smallest absolute Gasteiger partial charge is 0.303 e. The molecule has 0 saturated heterocycles. The Labute approximate surface area is 207 Å². The lowest BCUT2D eigenvalue weighted by atomic mass is 9.42. The Morgan fingerprint density at radius 1 is 1.03 bits per heavy atom. The molecule has 1 amide bonds. The molecular formula is C28H41NO6. The zero-order chi connectivity index (χ0) is 25.2. The Morgan fingerprint density at radius 3 is 2.49 bits per heavy atom. The van der Waals surface area contributed by atoms with Crippen LogP contribution in [0.1, 0.15) is 90.9 Å². The first-order valence-corrected chi connectivity index (χ1v) is 13.6. The van der Waals surface area contributed by atoms with E-state index < -0.39 is 23.1 Å². The summed E-state index contributed by atoms with van der Waals surface area (Å²) in [4.78, 5) is 35.0. The van der Waals surface area contributed by atoms with Gasteiger partial charge in [-0.15, -0.1) is 0 Å². The van der Waals surface area contributed by atoms with Gasteiger partial charge in [-0.25, -0.2) is 0 Å². The number of aliphatic hydroxyl groups excluding tert-OH is 1. The van der Waals surface area contributed by atoms with Crippen molar-refractivity contribution in [3.05, 3.63) is 11.6 Å². The highest BCUT2D eigenvalue weighted by Gasteiger charge is 2.70. The van der Waals surface area contributed by atoms with E-state index in [1.54, 1.807) is 6.08 Å². The summed E-state index contributed by atoms with van der Waals surface area (Å²) >= 11 is 0. The molecule has 194 valence electrons. The summed E-state index contributed by atoms with van der Waals surface area (Å²) in [5.74, 6) is -0.128. The minimum Gasteiger partial charge on any atom is -0.481 e. The van der Waals surface area contributed by atoms with E-state index in [1.165, 1.54) is 0 Å². The number of aliphatic hydroxyl groups is 2. The predicted octanol–water partition coefficient (Wildman–Crippen LogP) is 3.37. The molecule has 5 aliphatic rings. The number of carbonyl (C=O) groups excluding carboxylic acids is 2. The van der Waals surface area contributed by atoms with Crippen LogP contribution in [-0.4, -0.2) is 50.7 Å². The third kappa shape index (κ3) is 3.79. The average molecular weight is 488 g/mol. The van der Waals surface area contributed by atoms with E-state index in [4.69, 9.17) is 5.11 Å². The van der Waals surface area contributed by atoms with Gasteiger partial charge in [0.05, 0.1) is 18.1 Å². The SMILES string of the molecule is C[C@]12CC[C@H](NC(=O)CCC(=O)O)C[C@H]1CC[C@@H]1[C@@H]2C[C@@H](O)[C@]2(C)C(C3=CC(=O)CC3)CC[C@]12O. The van der Waals surface area contributed by atoms with Crippen molar-refractivity contribution in [2.75, 3.05) is 0 Å². The number of nitrogens with one attached hydrogen (secondary N) is 1. The van der Waals surface area contributed by atoms with Crippen molar-refractivity contribution >= 4 is 17.7 Å². The van der Waals surface area contributed by atoms with Gasteiger partial charge in [0.25, 0.3) is 0 Å². The minimum atomic E-state index is -0.958. The Bertz CT molecular complexity index is 946. The first-order valence-electron chi connectivity index (χ1n) is 13.6. The van der Waals surface area contributed by atoms with Crippen LogP contribution >= 0.6 is 0 Å². The van der Waals surface area contributed by atoms with Crippen LogP contribution in [-0.2, 0) is 14.4 Å². The molecule has 0 spiro atoms. The van der Waals surface area contributed by atoms with Crippen LogP contribution in [0.4, 0.5) is 0 Å². The second-order valence-corrected chi connectivity index (χ2v) is 12.7. The number of allylic oxidation sites excluding steroid dienone is 2. The quantitative estimate of drug-likeness (QED) is 0.471. The van der Waals surface area contributed by atoms with Crippen LogP contribution < -0.4 is 5.32 Å². The van der Waals surface area contributed by atoms with Gasteiger partial charge in [-0.2, -0.15) is 0 Å². The summed E-state index contributed by atoms with van der Waals surface area (Å²) in [7, 11) is 0. The highest BCUT2D eigenvalue weighted by molar-refractivity contribution is 5.93. The summed E-state index contributed by atoms with van der Waals surface area (Å²) in [6.45, 7) is 4.41. The maximum atomic E-state index is 12.3. The fourth-order valence-electron chi connectivity index (χ4n) is 9.34. The van der Waals surface area contributed by atoms with E-state index >= 15 is 0 Å². The Balaban J connectivity index is 1.33. The number of ketones is 1. The van der Waals surface area contributed by atoms with Gasteiger partial charge in [-0.3, -0.25) is 14.4 Å². The molecule has 4 N–H and O–H groups in total. The van der Waals surface area contributed by atoms with Gasteiger partial charge in [-0.05, 0) is 93.0 Å². The van der Waals surface area contributed by atoms with E-state index in [2.05, 4.69) is 19.2 Å². The van der Waals surface area contributed by atoms with Crippen molar-refractivity contribution in [3.8, 4) is 0 Å². The molecule has 0 radical (unpaired) electrons. The fourth-order valence-corrected chi connectivity index (χ4v) is 9.34. The molecule has 0 aromatic rings. The molecule has 0 heterocycles. The van der Waals surface area contributed by atoms with Crippen molar-refractivity contribution in [2.45, 2.75) is 109 Å².